The van der Waals surface area contributed by atoms with E-state index in [1.165, 1.54) is 16.0 Å². The molecule has 0 spiro atoms. The fraction of sp³-hybridized carbons (Fsp3) is 0.500. The lowest BCUT2D eigenvalue weighted by atomic mass is 10.2. The van der Waals surface area contributed by atoms with Crippen molar-refractivity contribution in [3.63, 3.8) is 0 Å². The topological polar surface area (TPSA) is 55.1 Å². The predicted octanol–water partition coefficient (Wildman–Crippen LogP) is 2.67. The maximum atomic E-state index is 11.6. The highest BCUT2D eigenvalue weighted by Gasteiger charge is 2.05. The number of hydrogen-bond donors (Lipinski definition) is 2. The van der Waals surface area contributed by atoms with Gasteiger partial charge in [0.1, 0.15) is 0 Å². The third-order valence-electron chi connectivity index (χ3n) is 2.62. The molecule has 0 saturated heterocycles. The Hall–Kier alpha value is -0.710. The lowest BCUT2D eigenvalue weighted by Crippen LogP contribution is -2.30. The minimum Gasteiger partial charge on any atom is -0.355 e. The molecule has 0 aliphatic carbocycles. The molecule has 0 saturated carbocycles. The summed E-state index contributed by atoms with van der Waals surface area (Å²) in [6, 6.07) is 6.43. The zero-order valence-corrected chi connectivity index (χ0v) is 13.4. The average molecular weight is 303 g/mol. The second-order valence-electron chi connectivity index (χ2n) is 4.67. The lowest BCUT2D eigenvalue weighted by Gasteiger charge is -2.08. The van der Waals surface area contributed by atoms with E-state index in [2.05, 4.69) is 37.4 Å². The predicted molar refractivity (Wildman–Crippen MR) is 85.2 cm³/mol. The Balaban J connectivity index is 0.00000324. The Morgan fingerprint density at radius 2 is 2.11 bits per heavy atom. The monoisotopic (exact) mass is 302 g/mol. The number of benzene rings is 1. The molecule has 0 aliphatic rings. The van der Waals surface area contributed by atoms with Crippen molar-refractivity contribution in [1.82, 2.24) is 5.32 Å². The number of rotatable bonds is 6. The normalized spacial score (nSPS) is 11.6. The van der Waals surface area contributed by atoms with Crippen LogP contribution in [-0.2, 0) is 4.79 Å². The highest BCUT2D eigenvalue weighted by molar-refractivity contribution is 8.00. The summed E-state index contributed by atoms with van der Waals surface area (Å²) in [7, 11) is 0. The third kappa shape index (κ3) is 7.45. The van der Waals surface area contributed by atoms with Crippen LogP contribution in [0.2, 0.25) is 0 Å². The standard InChI is InChI=1S/C14H22N2OS.ClH/c1-10-4-5-11(2)13(8-10)18-9-14(17)16-7-6-12(3)15;/h4-5,8,12H,6-7,9,15H2,1-3H3,(H,16,17);1H. The first-order chi connectivity index (χ1) is 8.49. The van der Waals surface area contributed by atoms with Gasteiger partial charge in [0, 0.05) is 17.5 Å². The number of carbonyl (C=O) groups is 1. The van der Waals surface area contributed by atoms with Gasteiger partial charge in [-0.15, -0.1) is 24.2 Å². The summed E-state index contributed by atoms with van der Waals surface area (Å²) in [4.78, 5) is 12.8. The van der Waals surface area contributed by atoms with E-state index in [1.54, 1.807) is 11.8 Å². The van der Waals surface area contributed by atoms with Gasteiger partial charge in [0.05, 0.1) is 5.75 Å². The van der Waals surface area contributed by atoms with E-state index in [0.29, 0.717) is 12.3 Å². The van der Waals surface area contributed by atoms with E-state index in [1.807, 2.05) is 6.92 Å². The molecular weight excluding hydrogens is 280 g/mol. The quantitative estimate of drug-likeness (QED) is 0.794. The smallest absolute Gasteiger partial charge is 0.230 e. The molecule has 1 aromatic rings. The number of nitrogens with one attached hydrogen (secondary N) is 1. The van der Waals surface area contributed by atoms with Crippen molar-refractivity contribution in [3.8, 4) is 0 Å². The zero-order chi connectivity index (χ0) is 13.5. The number of hydrogen-bond acceptors (Lipinski definition) is 3. The largest absolute Gasteiger partial charge is 0.355 e. The minimum absolute atomic E-state index is 0. The van der Waals surface area contributed by atoms with Crippen LogP contribution < -0.4 is 11.1 Å². The van der Waals surface area contributed by atoms with Crippen molar-refractivity contribution in [2.24, 2.45) is 5.73 Å². The Morgan fingerprint density at radius 3 is 2.74 bits per heavy atom. The van der Waals surface area contributed by atoms with Crippen molar-refractivity contribution in [2.75, 3.05) is 12.3 Å². The maximum Gasteiger partial charge on any atom is 0.230 e. The van der Waals surface area contributed by atoms with E-state index in [9.17, 15) is 4.79 Å². The SMILES string of the molecule is Cc1ccc(C)c(SCC(=O)NCCC(C)N)c1.Cl. The van der Waals surface area contributed by atoms with Gasteiger partial charge >= 0.3 is 0 Å². The van der Waals surface area contributed by atoms with Gasteiger partial charge in [-0.25, -0.2) is 0 Å². The van der Waals surface area contributed by atoms with E-state index < -0.39 is 0 Å². The average Bonchev–Trinajstić information content (AvgIpc) is 2.30. The molecule has 3 N–H and O–H groups in total. The molecule has 0 fully saturated rings. The highest BCUT2D eigenvalue weighted by Crippen LogP contribution is 2.23. The van der Waals surface area contributed by atoms with Gasteiger partial charge in [0.25, 0.3) is 0 Å². The Bertz CT molecular complexity index is 410. The van der Waals surface area contributed by atoms with E-state index in [0.717, 1.165) is 6.42 Å². The molecule has 0 aliphatic heterocycles. The second kappa shape index (κ2) is 9.23. The molecule has 1 rings (SSSR count). The fourth-order valence-electron chi connectivity index (χ4n) is 1.50. The first-order valence-electron chi connectivity index (χ1n) is 6.21. The summed E-state index contributed by atoms with van der Waals surface area (Å²) in [6.07, 6.45) is 0.819. The Kier molecular flexibility index (Phi) is 8.89. The second-order valence-corrected chi connectivity index (χ2v) is 5.69. The number of nitrogens with two attached hydrogens (primary N) is 1. The summed E-state index contributed by atoms with van der Waals surface area (Å²) in [5.74, 6) is 0.532. The summed E-state index contributed by atoms with van der Waals surface area (Å²) < 4.78 is 0. The Morgan fingerprint density at radius 1 is 1.42 bits per heavy atom. The summed E-state index contributed by atoms with van der Waals surface area (Å²) >= 11 is 1.58. The molecule has 0 radical (unpaired) electrons. The summed E-state index contributed by atoms with van der Waals surface area (Å²) in [5, 5.41) is 2.88. The van der Waals surface area contributed by atoms with Gasteiger partial charge in [0.15, 0.2) is 0 Å². The molecule has 1 amide bonds. The third-order valence-corrected chi connectivity index (χ3v) is 3.78. The molecule has 108 valence electrons. The van der Waals surface area contributed by atoms with Crippen LogP contribution in [0, 0.1) is 13.8 Å². The molecule has 0 aromatic heterocycles. The lowest BCUT2D eigenvalue weighted by molar-refractivity contribution is -0.118. The van der Waals surface area contributed by atoms with Crippen molar-refractivity contribution in [3.05, 3.63) is 29.3 Å². The molecule has 19 heavy (non-hydrogen) atoms. The molecule has 1 aromatic carbocycles. The van der Waals surface area contributed by atoms with Crippen LogP contribution in [0.25, 0.3) is 0 Å². The Labute approximate surface area is 126 Å². The van der Waals surface area contributed by atoms with Crippen LogP contribution in [0.1, 0.15) is 24.5 Å². The molecule has 0 heterocycles. The van der Waals surface area contributed by atoms with Gasteiger partial charge in [-0.05, 0) is 38.8 Å². The first-order valence-corrected chi connectivity index (χ1v) is 7.20. The molecule has 0 bridgehead atoms. The van der Waals surface area contributed by atoms with Gasteiger partial charge in [0.2, 0.25) is 5.91 Å². The molecular formula is C14H23ClN2OS. The van der Waals surface area contributed by atoms with E-state index in [4.69, 9.17) is 5.73 Å². The number of carbonyl (C=O) groups excluding carboxylic acids is 1. The first kappa shape index (κ1) is 18.3. The van der Waals surface area contributed by atoms with Gasteiger partial charge in [-0.1, -0.05) is 17.7 Å². The van der Waals surface area contributed by atoms with E-state index in [-0.39, 0.29) is 24.4 Å². The number of thioether (sulfide) groups is 1. The van der Waals surface area contributed by atoms with Crippen LogP contribution in [0.15, 0.2) is 23.1 Å². The van der Waals surface area contributed by atoms with Crippen LogP contribution >= 0.6 is 24.2 Å². The zero-order valence-electron chi connectivity index (χ0n) is 11.7. The van der Waals surface area contributed by atoms with Crippen molar-refractivity contribution in [2.45, 2.75) is 38.1 Å². The van der Waals surface area contributed by atoms with Crippen LogP contribution in [0.4, 0.5) is 0 Å². The molecule has 1 atom stereocenters. The van der Waals surface area contributed by atoms with Gasteiger partial charge < -0.3 is 11.1 Å². The summed E-state index contributed by atoms with van der Waals surface area (Å²) in [5.41, 5.74) is 8.06. The maximum absolute atomic E-state index is 11.6. The molecule has 1 unspecified atom stereocenters. The van der Waals surface area contributed by atoms with Crippen LogP contribution in [0.3, 0.4) is 0 Å². The number of halogens is 1. The summed E-state index contributed by atoms with van der Waals surface area (Å²) in [6.45, 7) is 6.73. The molecule has 3 nitrogen and oxygen atoms in total. The fourth-order valence-corrected chi connectivity index (χ4v) is 2.45. The molecule has 5 heteroatoms. The van der Waals surface area contributed by atoms with Crippen molar-refractivity contribution >= 4 is 30.1 Å². The van der Waals surface area contributed by atoms with Crippen LogP contribution in [-0.4, -0.2) is 24.2 Å². The highest BCUT2D eigenvalue weighted by atomic mass is 35.5. The van der Waals surface area contributed by atoms with Gasteiger partial charge in [-0.2, -0.15) is 0 Å². The van der Waals surface area contributed by atoms with Gasteiger partial charge in [-0.3, -0.25) is 4.79 Å². The number of amides is 1. The number of aryl methyl sites for hydroxylation is 2. The van der Waals surface area contributed by atoms with Crippen molar-refractivity contribution in [1.29, 1.82) is 0 Å². The van der Waals surface area contributed by atoms with Crippen molar-refractivity contribution < 1.29 is 4.79 Å². The minimum atomic E-state index is 0. The van der Waals surface area contributed by atoms with Crippen LogP contribution in [0.5, 0.6) is 0 Å². The van der Waals surface area contributed by atoms with E-state index >= 15 is 0 Å².